The summed E-state index contributed by atoms with van der Waals surface area (Å²) in [5, 5.41) is 9.85. The van der Waals surface area contributed by atoms with Crippen LogP contribution in [-0.2, 0) is 19.3 Å². The van der Waals surface area contributed by atoms with E-state index in [0.717, 1.165) is 32.1 Å². The van der Waals surface area contributed by atoms with Gasteiger partial charge in [-0.3, -0.25) is 0 Å². The van der Waals surface area contributed by atoms with E-state index in [1.165, 1.54) is 22.3 Å². The van der Waals surface area contributed by atoms with Crippen molar-refractivity contribution in [1.82, 2.24) is 0 Å². The van der Waals surface area contributed by atoms with Gasteiger partial charge in [-0.15, -0.1) is 0 Å². The molecule has 106 valence electrons. The fraction of sp³-hybridized carbons (Fsp3) is 0.350. The van der Waals surface area contributed by atoms with E-state index in [1.807, 2.05) is 0 Å². The first-order valence-corrected chi connectivity index (χ1v) is 7.75. The molecule has 0 unspecified atom stereocenters. The Kier molecular flexibility index (Phi) is 3.80. The van der Waals surface area contributed by atoms with Crippen molar-refractivity contribution in [3.63, 3.8) is 0 Å². The highest BCUT2D eigenvalue weighted by molar-refractivity contribution is 5.32. The summed E-state index contributed by atoms with van der Waals surface area (Å²) in [6, 6.07) is 19.8. The molecule has 0 saturated heterocycles. The lowest BCUT2D eigenvalue weighted by Gasteiger charge is -2.25. The maximum absolute atomic E-state index is 9.85. The molecule has 0 aromatic heterocycles. The molecular weight excluding hydrogens is 254 g/mol. The first kappa shape index (κ1) is 13.9. The van der Waals surface area contributed by atoms with Gasteiger partial charge < -0.3 is 0 Å². The zero-order chi connectivity index (χ0) is 14.7. The van der Waals surface area contributed by atoms with Crippen LogP contribution in [0, 0.1) is 23.7 Å². The number of benzene rings is 2. The van der Waals surface area contributed by atoms with Crippen LogP contribution in [0.1, 0.15) is 35.1 Å². The molecule has 0 heterocycles. The fourth-order valence-corrected chi connectivity index (χ4v) is 3.42. The second kappa shape index (κ2) is 5.74. The van der Waals surface area contributed by atoms with E-state index in [2.05, 4.69) is 61.5 Å². The third-order valence-electron chi connectivity index (χ3n) is 4.89. The van der Waals surface area contributed by atoms with Gasteiger partial charge in [-0.05, 0) is 61.3 Å². The minimum Gasteiger partial charge on any atom is -0.198 e. The molecule has 0 atom stereocenters. The lowest BCUT2D eigenvalue weighted by Crippen LogP contribution is -2.22. The molecule has 2 aromatic carbocycles. The maximum atomic E-state index is 9.85. The van der Waals surface area contributed by atoms with Crippen LogP contribution >= 0.6 is 0 Å². The lowest BCUT2D eigenvalue weighted by atomic mass is 9.75. The van der Waals surface area contributed by atoms with E-state index in [4.69, 9.17) is 0 Å². The molecule has 0 aliphatic heterocycles. The number of hydrogen-bond acceptors (Lipinski definition) is 1. The molecule has 1 nitrogen and oxygen atoms in total. The first-order chi connectivity index (χ1) is 10.2. The van der Waals surface area contributed by atoms with E-state index >= 15 is 0 Å². The Hall–Kier alpha value is -2.07. The monoisotopic (exact) mass is 275 g/mol. The van der Waals surface area contributed by atoms with Crippen molar-refractivity contribution < 1.29 is 0 Å². The molecule has 0 amide bonds. The van der Waals surface area contributed by atoms with Gasteiger partial charge in [-0.2, -0.15) is 5.26 Å². The molecule has 1 aliphatic rings. The fourth-order valence-electron chi connectivity index (χ4n) is 3.42. The third kappa shape index (κ3) is 2.85. The van der Waals surface area contributed by atoms with Crippen LogP contribution in [0.3, 0.4) is 0 Å². The number of fused-ring (bicyclic) bond motifs is 1. The summed E-state index contributed by atoms with van der Waals surface area (Å²) in [5.74, 6) is 0. The zero-order valence-electron chi connectivity index (χ0n) is 12.6. The summed E-state index contributed by atoms with van der Waals surface area (Å²) >= 11 is 0. The average Bonchev–Trinajstić information content (AvgIpc) is 2.71. The van der Waals surface area contributed by atoms with Gasteiger partial charge in [0.2, 0.25) is 0 Å². The SMILES string of the molecule is Cc1ccccc1CC1(C#N)CCc2ccccc2CC1. The molecule has 1 aliphatic carbocycles. The van der Waals surface area contributed by atoms with Crippen LogP contribution in [0.4, 0.5) is 0 Å². The molecule has 0 fully saturated rings. The van der Waals surface area contributed by atoms with Gasteiger partial charge in [0.25, 0.3) is 0 Å². The molecule has 0 spiro atoms. The predicted octanol–water partition coefficient (Wildman–Crippen LogP) is 4.63. The van der Waals surface area contributed by atoms with Crippen molar-refractivity contribution >= 4 is 0 Å². The van der Waals surface area contributed by atoms with E-state index in [0.29, 0.717) is 0 Å². The summed E-state index contributed by atoms with van der Waals surface area (Å²) in [4.78, 5) is 0. The molecule has 2 aromatic rings. The first-order valence-electron chi connectivity index (χ1n) is 7.75. The van der Waals surface area contributed by atoms with Crippen molar-refractivity contribution in [2.24, 2.45) is 5.41 Å². The van der Waals surface area contributed by atoms with Gasteiger partial charge in [-0.25, -0.2) is 0 Å². The normalized spacial score (nSPS) is 16.6. The molecule has 0 N–H and O–H groups in total. The van der Waals surface area contributed by atoms with Gasteiger partial charge >= 0.3 is 0 Å². The summed E-state index contributed by atoms with van der Waals surface area (Å²) in [7, 11) is 0. The number of nitrogens with zero attached hydrogens (tertiary/aromatic N) is 1. The molecule has 21 heavy (non-hydrogen) atoms. The van der Waals surface area contributed by atoms with Crippen LogP contribution in [0.25, 0.3) is 0 Å². The third-order valence-corrected chi connectivity index (χ3v) is 4.89. The minimum absolute atomic E-state index is 0.217. The van der Waals surface area contributed by atoms with Gasteiger partial charge in [0.1, 0.15) is 0 Å². The summed E-state index contributed by atoms with van der Waals surface area (Å²) < 4.78 is 0. The van der Waals surface area contributed by atoms with E-state index in [-0.39, 0.29) is 5.41 Å². The van der Waals surface area contributed by atoms with Gasteiger partial charge in [0, 0.05) is 0 Å². The average molecular weight is 275 g/mol. The van der Waals surface area contributed by atoms with Gasteiger partial charge in [0.05, 0.1) is 11.5 Å². The summed E-state index contributed by atoms with van der Waals surface area (Å²) in [6.07, 6.45) is 4.86. The molecular formula is C20H21N. The molecule has 0 bridgehead atoms. The second-order valence-corrected chi connectivity index (χ2v) is 6.26. The zero-order valence-corrected chi connectivity index (χ0v) is 12.6. The van der Waals surface area contributed by atoms with Crippen LogP contribution in [0.2, 0.25) is 0 Å². The van der Waals surface area contributed by atoms with E-state index in [9.17, 15) is 5.26 Å². The number of nitriles is 1. The topological polar surface area (TPSA) is 23.8 Å². The molecule has 0 saturated carbocycles. The Labute approximate surface area is 127 Å². The number of aryl methyl sites for hydroxylation is 3. The summed E-state index contributed by atoms with van der Waals surface area (Å²) in [6.45, 7) is 2.14. The minimum atomic E-state index is -0.217. The molecule has 1 heteroatoms. The Morgan fingerprint density at radius 2 is 1.52 bits per heavy atom. The highest BCUT2D eigenvalue weighted by Crippen LogP contribution is 2.37. The standard InChI is InChI=1S/C20H21N/c1-16-6-2-3-9-19(16)14-20(15-21)12-10-17-7-4-5-8-18(17)11-13-20/h2-9H,10-14H2,1H3. The largest absolute Gasteiger partial charge is 0.198 e. The van der Waals surface area contributed by atoms with Crippen molar-refractivity contribution in [3.05, 3.63) is 70.8 Å². The summed E-state index contributed by atoms with van der Waals surface area (Å²) in [5.41, 5.74) is 5.27. The van der Waals surface area contributed by atoms with Crippen molar-refractivity contribution in [1.29, 1.82) is 5.26 Å². The van der Waals surface area contributed by atoms with E-state index < -0.39 is 0 Å². The lowest BCUT2D eigenvalue weighted by molar-refractivity contribution is 0.341. The Balaban J connectivity index is 1.86. The van der Waals surface area contributed by atoms with Gasteiger partial charge in [0.15, 0.2) is 0 Å². The van der Waals surface area contributed by atoms with Crippen LogP contribution in [0.15, 0.2) is 48.5 Å². The maximum Gasteiger partial charge on any atom is 0.0693 e. The van der Waals surface area contributed by atoms with Crippen LogP contribution in [-0.4, -0.2) is 0 Å². The quantitative estimate of drug-likeness (QED) is 0.733. The predicted molar refractivity (Wildman–Crippen MR) is 86.0 cm³/mol. The van der Waals surface area contributed by atoms with E-state index in [1.54, 1.807) is 0 Å². The smallest absolute Gasteiger partial charge is 0.0693 e. The Morgan fingerprint density at radius 1 is 0.952 bits per heavy atom. The second-order valence-electron chi connectivity index (χ2n) is 6.26. The van der Waals surface area contributed by atoms with Crippen molar-refractivity contribution in [2.75, 3.05) is 0 Å². The highest BCUT2D eigenvalue weighted by Gasteiger charge is 2.32. The Bertz CT molecular complexity index is 651. The van der Waals surface area contributed by atoms with Crippen LogP contribution in [0.5, 0.6) is 0 Å². The van der Waals surface area contributed by atoms with Crippen LogP contribution < -0.4 is 0 Å². The number of rotatable bonds is 2. The Morgan fingerprint density at radius 3 is 2.10 bits per heavy atom. The number of hydrogen-bond donors (Lipinski definition) is 0. The molecule has 3 rings (SSSR count). The van der Waals surface area contributed by atoms with Gasteiger partial charge in [-0.1, -0.05) is 48.5 Å². The highest BCUT2D eigenvalue weighted by atomic mass is 14.4. The molecule has 0 radical (unpaired) electrons. The van der Waals surface area contributed by atoms with Crippen molar-refractivity contribution in [2.45, 2.75) is 39.0 Å². The van der Waals surface area contributed by atoms with Crippen molar-refractivity contribution in [3.8, 4) is 6.07 Å².